The summed E-state index contributed by atoms with van der Waals surface area (Å²) in [6.45, 7) is 0.695. The van der Waals surface area contributed by atoms with Gasteiger partial charge >= 0.3 is 0 Å². The van der Waals surface area contributed by atoms with Gasteiger partial charge in [-0.15, -0.1) is 11.6 Å². The molecule has 1 aliphatic heterocycles. The van der Waals surface area contributed by atoms with Crippen LogP contribution in [0.5, 0.6) is 0 Å². The molecule has 1 unspecified atom stereocenters. The van der Waals surface area contributed by atoms with E-state index in [4.69, 9.17) is 16.3 Å². The number of halogens is 1. The first-order valence-corrected chi connectivity index (χ1v) is 8.95. The number of rotatable bonds is 5. The quantitative estimate of drug-likeness (QED) is 0.788. The van der Waals surface area contributed by atoms with Crippen molar-refractivity contribution in [1.82, 2.24) is 4.72 Å². The van der Waals surface area contributed by atoms with Gasteiger partial charge in [-0.3, -0.25) is 0 Å². The molecule has 0 aromatic rings. The molecule has 1 saturated carbocycles. The van der Waals surface area contributed by atoms with Gasteiger partial charge in [-0.05, 0) is 44.4 Å². The van der Waals surface area contributed by atoms with Crippen LogP contribution in [0.25, 0.3) is 0 Å². The minimum atomic E-state index is -3.20. The molecule has 4 nitrogen and oxygen atoms in total. The lowest BCUT2D eigenvalue weighted by Crippen LogP contribution is -2.41. The van der Waals surface area contributed by atoms with Crippen molar-refractivity contribution in [3.05, 3.63) is 0 Å². The minimum Gasteiger partial charge on any atom is -0.377 e. The molecule has 18 heavy (non-hydrogen) atoms. The summed E-state index contributed by atoms with van der Waals surface area (Å²) in [5, 5.41) is 0. The van der Waals surface area contributed by atoms with E-state index in [0.717, 1.165) is 38.5 Å². The molecule has 0 spiro atoms. The van der Waals surface area contributed by atoms with Crippen molar-refractivity contribution in [2.75, 3.05) is 18.2 Å². The third-order valence-electron chi connectivity index (χ3n) is 3.84. The van der Waals surface area contributed by atoms with E-state index >= 15 is 0 Å². The lowest BCUT2D eigenvalue weighted by atomic mass is 9.88. The van der Waals surface area contributed by atoms with Gasteiger partial charge in [-0.25, -0.2) is 13.1 Å². The van der Waals surface area contributed by atoms with Crippen LogP contribution in [0, 0.1) is 5.92 Å². The maximum atomic E-state index is 12.0. The van der Waals surface area contributed by atoms with Crippen molar-refractivity contribution in [3.8, 4) is 0 Å². The standard InChI is InChI=1S/C12H22ClNO3S/c13-8-10-3-5-11(6-4-10)14-18(15,16)9-12-2-1-7-17-12/h10-12,14H,1-9H2. The highest BCUT2D eigenvalue weighted by Gasteiger charge is 2.27. The Morgan fingerprint density at radius 2 is 1.89 bits per heavy atom. The lowest BCUT2D eigenvalue weighted by molar-refractivity contribution is 0.127. The third kappa shape index (κ3) is 4.37. The second-order valence-electron chi connectivity index (χ2n) is 5.41. The molecule has 0 bridgehead atoms. The summed E-state index contributed by atoms with van der Waals surface area (Å²) in [6, 6.07) is 0.0934. The van der Waals surface area contributed by atoms with E-state index in [1.807, 2.05) is 0 Å². The van der Waals surface area contributed by atoms with Gasteiger partial charge in [-0.1, -0.05) is 0 Å². The van der Waals surface area contributed by atoms with Gasteiger partial charge < -0.3 is 4.74 Å². The number of sulfonamides is 1. The van der Waals surface area contributed by atoms with Crippen molar-refractivity contribution >= 4 is 21.6 Å². The monoisotopic (exact) mass is 295 g/mol. The van der Waals surface area contributed by atoms with Crippen LogP contribution in [-0.4, -0.2) is 38.8 Å². The van der Waals surface area contributed by atoms with Gasteiger partial charge in [0.2, 0.25) is 10.0 Å². The molecular formula is C12H22ClNO3S. The topological polar surface area (TPSA) is 55.4 Å². The van der Waals surface area contributed by atoms with Crippen LogP contribution in [0.3, 0.4) is 0 Å². The van der Waals surface area contributed by atoms with Gasteiger partial charge in [0.1, 0.15) is 0 Å². The smallest absolute Gasteiger partial charge is 0.214 e. The van der Waals surface area contributed by atoms with Crippen molar-refractivity contribution < 1.29 is 13.2 Å². The maximum absolute atomic E-state index is 12.0. The molecule has 0 amide bonds. The second kappa shape index (κ2) is 6.55. The van der Waals surface area contributed by atoms with Crippen molar-refractivity contribution in [1.29, 1.82) is 0 Å². The SMILES string of the molecule is O=S(=O)(CC1CCCO1)NC1CCC(CCl)CC1. The molecule has 6 heteroatoms. The van der Waals surface area contributed by atoms with Crippen molar-refractivity contribution in [2.24, 2.45) is 5.92 Å². The zero-order valence-electron chi connectivity index (χ0n) is 10.6. The normalized spacial score (nSPS) is 33.7. The summed E-state index contributed by atoms with van der Waals surface area (Å²) in [5.74, 6) is 1.36. The third-order valence-corrected chi connectivity index (χ3v) is 5.78. The van der Waals surface area contributed by atoms with Crippen LogP contribution in [0.2, 0.25) is 0 Å². The zero-order chi connectivity index (χ0) is 13.0. The molecule has 0 aromatic heterocycles. The summed E-state index contributed by atoms with van der Waals surface area (Å²) < 4.78 is 32.2. The molecule has 2 fully saturated rings. The Kier molecular flexibility index (Phi) is 5.30. The van der Waals surface area contributed by atoms with E-state index in [2.05, 4.69) is 4.72 Å². The zero-order valence-corrected chi connectivity index (χ0v) is 12.2. The Balaban J connectivity index is 1.77. The molecule has 2 aliphatic rings. The van der Waals surface area contributed by atoms with Gasteiger partial charge in [0.25, 0.3) is 0 Å². The maximum Gasteiger partial charge on any atom is 0.214 e. The highest BCUT2D eigenvalue weighted by molar-refractivity contribution is 7.89. The van der Waals surface area contributed by atoms with Crippen LogP contribution in [0.1, 0.15) is 38.5 Å². The highest BCUT2D eigenvalue weighted by Crippen LogP contribution is 2.25. The Hall–Kier alpha value is 0.160. The van der Waals surface area contributed by atoms with E-state index in [1.165, 1.54) is 0 Å². The molecule has 0 aromatic carbocycles. The van der Waals surface area contributed by atoms with Crippen molar-refractivity contribution in [3.63, 3.8) is 0 Å². The molecule has 1 aliphatic carbocycles. The van der Waals surface area contributed by atoms with Crippen LogP contribution in [0.4, 0.5) is 0 Å². The summed E-state index contributed by atoms with van der Waals surface area (Å²) in [7, 11) is -3.20. The Morgan fingerprint density at radius 1 is 1.17 bits per heavy atom. The van der Waals surface area contributed by atoms with Crippen LogP contribution < -0.4 is 4.72 Å². The highest BCUT2D eigenvalue weighted by atomic mass is 35.5. The number of hydrogen-bond acceptors (Lipinski definition) is 3. The molecule has 1 atom stereocenters. The molecular weight excluding hydrogens is 274 g/mol. The summed E-state index contributed by atoms with van der Waals surface area (Å²) in [5.41, 5.74) is 0. The molecule has 0 radical (unpaired) electrons. The molecule has 2 rings (SSSR count). The molecule has 106 valence electrons. The molecule has 1 saturated heterocycles. The molecule has 1 heterocycles. The Bertz CT molecular complexity index is 346. The van der Waals surface area contributed by atoms with E-state index in [1.54, 1.807) is 0 Å². The van der Waals surface area contributed by atoms with E-state index in [9.17, 15) is 8.42 Å². The number of ether oxygens (including phenoxy) is 1. The Labute approximate surface area is 114 Å². The first kappa shape index (κ1) is 14.6. The van der Waals surface area contributed by atoms with Gasteiger partial charge in [-0.2, -0.15) is 0 Å². The number of nitrogens with one attached hydrogen (secondary N) is 1. The predicted octanol–water partition coefficient (Wildman–Crippen LogP) is 1.88. The average molecular weight is 296 g/mol. The largest absolute Gasteiger partial charge is 0.377 e. The number of alkyl halides is 1. The second-order valence-corrected chi connectivity index (χ2v) is 7.51. The summed E-state index contributed by atoms with van der Waals surface area (Å²) >= 11 is 5.82. The predicted molar refractivity (Wildman–Crippen MR) is 72.4 cm³/mol. The fourth-order valence-corrected chi connectivity index (χ4v) is 4.66. The fraction of sp³-hybridized carbons (Fsp3) is 1.00. The van der Waals surface area contributed by atoms with Crippen LogP contribution in [0.15, 0.2) is 0 Å². The first-order chi connectivity index (χ1) is 8.59. The fourth-order valence-electron chi connectivity index (χ4n) is 2.76. The van der Waals surface area contributed by atoms with Crippen LogP contribution >= 0.6 is 11.6 Å². The minimum absolute atomic E-state index is 0.0934. The number of hydrogen-bond donors (Lipinski definition) is 1. The molecule has 1 N–H and O–H groups in total. The lowest BCUT2D eigenvalue weighted by Gasteiger charge is -2.28. The van der Waals surface area contributed by atoms with E-state index < -0.39 is 10.0 Å². The average Bonchev–Trinajstić information content (AvgIpc) is 2.81. The summed E-state index contributed by atoms with van der Waals surface area (Å²) in [6.07, 6.45) is 5.58. The van der Waals surface area contributed by atoms with Crippen LogP contribution in [-0.2, 0) is 14.8 Å². The van der Waals surface area contributed by atoms with Gasteiger partial charge in [0.15, 0.2) is 0 Å². The first-order valence-electron chi connectivity index (χ1n) is 6.76. The Morgan fingerprint density at radius 3 is 2.44 bits per heavy atom. The van der Waals surface area contributed by atoms with Gasteiger partial charge in [0.05, 0.1) is 11.9 Å². The van der Waals surface area contributed by atoms with Crippen molar-refractivity contribution in [2.45, 2.75) is 50.7 Å². The van der Waals surface area contributed by atoms with E-state index in [-0.39, 0.29) is 17.9 Å². The van der Waals surface area contributed by atoms with Gasteiger partial charge in [0, 0.05) is 18.5 Å². The summed E-state index contributed by atoms with van der Waals surface area (Å²) in [4.78, 5) is 0. The van der Waals surface area contributed by atoms with E-state index in [0.29, 0.717) is 18.4 Å².